The van der Waals surface area contributed by atoms with Crippen molar-refractivity contribution in [3.8, 4) is 0 Å². The van der Waals surface area contributed by atoms with Gasteiger partial charge < -0.3 is 10.5 Å². The van der Waals surface area contributed by atoms with E-state index in [9.17, 15) is 4.79 Å². The molecule has 0 radical (unpaired) electrons. The molecule has 1 aromatic rings. The van der Waals surface area contributed by atoms with Crippen LogP contribution in [0.5, 0.6) is 0 Å². The summed E-state index contributed by atoms with van der Waals surface area (Å²) in [6.45, 7) is 1.77. The average molecular weight is 205 g/mol. The molecule has 2 N–H and O–H groups in total. The van der Waals surface area contributed by atoms with Crippen LogP contribution >= 0.6 is 0 Å². The summed E-state index contributed by atoms with van der Waals surface area (Å²) in [5.74, 6) is -0.381. The van der Waals surface area contributed by atoms with Gasteiger partial charge in [-0.15, -0.1) is 0 Å². The summed E-state index contributed by atoms with van der Waals surface area (Å²) in [7, 11) is 1.35. The fourth-order valence-corrected chi connectivity index (χ4v) is 1.38. The van der Waals surface area contributed by atoms with Crippen molar-refractivity contribution in [2.24, 2.45) is 5.73 Å². The molecule has 0 amide bonds. The van der Waals surface area contributed by atoms with Crippen molar-refractivity contribution in [3.63, 3.8) is 0 Å². The van der Waals surface area contributed by atoms with Crippen LogP contribution in [-0.4, -0.2) is 13.1 Å². The molecule has 1 atom stereocenters. The molecular weight excluding hydrogens is 190 g/mol. The highest BCUT2D eigenvalue weighted by Gasteiger charge is 2.18. The van der Waals surface area contributed by atoms with Crippen molar-refractivity contribution in [2.45, 2.75) is 13.0 Å². The normalized spacial score (nSPS) is 13.4. The Morgan fingerprint density at radius 3 is 2.47 bits per heavy atom. The molecular formula is C12H15NO2. The summed E-state index contributed by atoms with van der Waals surface area (Å²) >= 11 is 0. The van der Waals surface area contributed by atoms with Crippen LogP contribution in [0.3, 0.4) is 0 Å². The first-order valence-corrected chi connectivity index (χ1v) is 4.75. The number of esters is 1. The first-order chi connectivity index (χ1) is 7.20. The van der Waals surface area contributed by atoms with Gasteiger partial charge in [0.05, 0.1) is 18.7 Å². The summed E-state index contributed by atoms with van der Waals surface area (Å²) in [5, 5.41) is 0. The maximum atomic E-state index is 11.4. The van der Waals surface area contributed by atoms with Gasteiger partial charge in [0.15, 0.2) is 0 Å². The van der Waals surface area contributed by atoms with Crippen LogP contribution in [0.1, 0.15) is 18.5 Å². The van der Waals surface area contributed by atoms with E-state index < -0.39 is 6.04 Å². The standard InChI is InChI=1S/C12H15NO2/c1-3-10(12(14)15-2)11(13)9-7-5-4-6-8-9/h3-8,11H,13H2,1-2H3/b10-3+/t11-/m0/s1. The Labute approximate surface area is 89.5 Å². The molecule has 1 rings (SSSR count). The van der Waals surface area contributed by atoms with Crippen molar-refractivity contribution >= 4 is 5.97 Å². The minimum absolute atomic E-state index is 0.381. The molecule has 0 fully saturated rings. The van der Waals surface area contributed by atoms with Gasteiger partial charge >= 0.3 is 5.97 Å². The molecule has 0 heterocycles. The van der Waals surface area contributed by atoms with Gasteiger partial charge in [-0.3, -0.25) is 0 Å². The first-order valence-electron chi connectivity index (χ1n) is 4.75. The van der Waals surface area contributed by atoms with Crippen molar-refractivity contribution in [1.82, 2.24) is 0 Å². The predicted molar refractivity (Wildman–Crippen MR) is 59.1 cm³/mol. The lowest BCUT2D eigenvalue weighted by atomic mass is 9.99. The summed E-state index contributed by atoms with van der Waals surface area (Å²) in [6.07, 6.45) is 1.68. The molecule has 0 bridgehead atoms. The van der Waals surface area contributed by atoms with Crippen LogP contribution in [0, 0.1) is 0 Å². The SMILES string of the molecule is C/C=C(/C(=O)OC)[C@@H](N)c1ccccc1. The molecule has 0 saturated heterocycles. The van der Waals surface area contributed by atoms with E-state index in [0.717, 1.165) is 5.56 Å². The number of ether oxygens (including phenoxy) is 1. The number of rotatable bonds is 3. The second-order valence-corrected chi connectivity index (χ2v) is 3.12. The maximum absolute atomic E-state index is 11.4. The third kappa shape index (κ3) is 2.67. The molecule has 3 nitrogen and oxygen atoms in total. The Bertz CT molecular complexity index is 357. The quantitative estimate of drug-likeness (QED) is 0.604. The zero-order chi connectivity index (χ0) is 11.3. The lowest BCUT2D eigenvalue weighted by Gasteiger charge is -2.13. The van der Waals surface area contributed by atoms with Crippen molar-refractivity contribution in [1.29, 1.82) is 0 Å². The third-order valence-electron chi connectivity index (χ3n) is 2.23. The van der Waals surface area contributed by atoms with Crippen LogP contribution in [0.2, 0.25) is 0 Å². The van der Waals surface area contributed by atoms with Gasteiger partial charge in [0.25, 0.3) is 0 Å². The molecule has 3 heteroatoms. The average Bonchev–Trinajstić information content (AvgIpc) is 2.30. The van der Waals surface area contributed by atoms with Crippen LogP contribution in [0.25, 0.3) is 0 Å². The highest BCUT2D eigenvalue weighted by Crippen LogP contribution is 2.19. The van der Waals surface area contributed by atoms with Gasteiger partial charge in [0.1, 0.15) is 0 Å². The molecule has 0 aromatic heterocycles. The number of carbonyl (C=O) groups is 1. The molecule has 0 aliphatic heterocycles. The van der Waals surface area contributed by atoms with E-state index in [4.69, 9.17) is 5.73 Å². The number of carbonyl (C=O) groups excluding carboxylic acids is 1. The van der Waals surface area contributed by atoms with Gasteiger partial charge in [-0.05, 0) is 12.5 Å². The van der Waals surface area contributed by atoms with E-state index in [1.54, 1.807) is 13.0 Å². The molecule has 1 aromatic carbocycles. The van der Waals surface area contributed by atoms with E-state index >= 15 is 0 Å². The fourth-order valence-electron chi connectivity index (χ4n) is 1.38. The minimum atomic E-state index is -0.427. The molecule has 0 unspecified atom stereocenters. The van der Waals surface area contributed by atoms with E-state index in [1.165, 1.54) is 7.11 Å². The zero-order valence-electron chi connectivity index (χ0n) is 8.94. The molecule has 0 aliphatic rings. The largest absolute Gasteiger partial charge is 0.466 e. The summed E-state index contributed by atoms with van der Waals surface area (Å²) in [6, 6.07) is 9.03. The fraction of sp³-hybridized carbons (Fsp3) is 0.250. The van der Waals surface area contributed by atoms with Crippen molar-refractivity contribution in [3.05, 3.63) is 47.5 Å². The third-order valence-corrected chi connectivity index (χ3v) is 2.23. The van der Waals surface area contributed by atoms with E-state index in [-0.39, 0.29) is 5.97 Å². The predicted octanol–water partition coefficient (Wildman–Crippen LogP) is 1.81. The van der Waals surface area contributed by atoms with Gasteiger partial charge in [-0.1, -0.05) is 36.4 Å². The number of hydrogen-bond donors (Lipinski definition) is 1. The smallest absolute Gasteiger partial charge is 0.335 e. The Balaban J connectivity index is 2.93. The summed E-state index contributed by atoms with van der Waals surface area (Å²) in [5.41, 5.74) is 7.33. The number of hydrogen-bond acceptors (Lipinski definition) is 3. The molecule has 0 aliphatic carbocycles. The van der Waals surface area contributed by atoms with Gasteiger partial charge in [-0.2, -0.15) is 0 Å². The molecule has 80 valence electrons. The Morgan fingerprint density at radius 1 is 1.40 bits per heavy atom. The van der Waals surface area contributed by atoms with Gasteiger partial charge in [0, 0.05) is 0 Å². The zero-order valence-corrected chi connectivity index (χ0v) is 8.94. The number of nitrogens with two attached hydrogens (primary N) is 1. The molecule has 0 spiro atoms. The Hall–Kier alpha value is -1.61. The van der Waals surface area contributed by atoms with Crippen LogP contribution < -0.4 is 5.73 Å². The second-order valence-electron chi connectivity index (χ2n) is 3.12. The number of allylic oxidation sites excluding steroid dienone is 1. The Morgan fingerprint density at radius 2 is 2.00 bits per heavy atom. The minimum Gasteiger partial charge on any atom is -0.466 e. The lowest BCUT2D eigenvalue weighted by Crippen LogP contribution is -2.20. The van der Waals surface area contributed by atoms with Crippen LogP contribution in [0.4, 0.5) is 0 Å². The van der Waals surface area contributed by atoms with Crippen LogP contribution in [-0.2, 0) is 9.53 Å². The topological polar surface area (TPSA) is 52.3 Å². The summed E-state index contributed by atoms with van der Waals surface area (Å²) in [4.78, 5) is 11.4. The highest BCUT2D eigenvalue weighted by atomic mass is 16.5. The van der Waals surface area contributed by atoms with Crippen molar-refractivity contribution < 1.29 is 9.53 Å². The first kappa shape index (κ1) is 11.5. The lowest BCUT2D eigenvalue weighted by molar-refractivity contribution is -0.136. The maximum Gasteiger partial charge on any atom is 0.335 e. The monoisotopic (exact) mass is 205 g/mol. The second kappa shape index (κ2) is 5.32. The Kier molecular flexibility index (Phi) is 4.06. The van der Waals surface area contributed by atoms with E-state index in [1.807, 2.05) is 30.3 Å². The molecule has 0 saturated carbocycles. The van der Waals surface area contributed by atoms with Crippen LogP contribution in [0.15, 0.2) is 42.0 Å². The highest BCUT2D eigenvalue weighted by molar-refractivity contribution is 5.89. The number of benzene rings is 1. The van der Waals surface area contributed by atoms with Gasteiger partial charge in [-0.25, -0.2) is 4.79 Å². The van der Waals surface area contributed by atoms with E-state index in [0.29, 0.717) is 5.57 Å². The summed E-state index contributed by atoms with van der Waals surface area (Å²) < 4.78 is 4.66. The van der Waals surface area contributed by atoms with Gasteiger partial charge in [0.2, 0.25) is 0 Å². The van der Waals surface area contributed by atoms with Crippen molar-refractivity contribution in [2.75, 3.05) is 7.11 Å². The molecule has 15 heavy (non-hydrogen) atoms. The number of methoxy groups -OCH3 is 1. The van der Waals surface area contributed by atoms with E-state index in [2.05, 4.69) is 4.74 Å².